The van der Waals surface area contributed by atoms with Gasteiger partial charge in [-0.25, -0.2) is 0 Å². The van der Waals surface area contributed by atoms with Crippen LogP contribution in [-0.4, -0.2) is 10.2 Å². The highest BCUT2D eigenvalue weighted by Gasteiger charge is 2.19. The Morgan fingerprint density at radius 1 is 1.50 bits per heavy atom. The molecule has 0 aliphatic heterocycles. The molecule has 0 bridgehead atoms. The molecule has 1 aliphatic rings. The molecule has 0 radical (unpaired) electrons. The van der Waals surface area contributed by atoms with Crippen LogP contribution >= 0.6 is 11.8 Å². The molecule has 2 rings (SSSR count). The summed E-state index contributed by atoms with van der Waals surface area (Å²) in [7, 11) is 0. The zero-order chi connectivity index (χ0) is 14.5. The minimum atomic E-state index is -0.422. The van der Waals surface area contributed by atoms with Crippen LogP contribution in [0.15, 0.2) is 18.2 Å². The lowest BCUT2D eigenvalue weighted by Crippen LogP contribution is -2.15. The fraction of sp³-hybridized carbons (Fsp3) is 0.571. The third-order valence-electron chi connectivity index (χ3n) is 3.79. The lowest BCUT2D eigenvalue weighted by Gasteiger charge is -2.26. The quantitative estimate of drug-likeness (QED) is 0.492. The van der Waals surface area contributed by atoms with Gasteiger partial charge in [0.05, 0.1) is 4.92 Å². The Kier molecular flexibility index (Phi) is 5.25. The minimum Gasteiger partial charge on any atom is -0.318 e. The number of hydrogen-bond donors (Lipinski definition) is 2. The topological polar surface area (TPSA) is 81.2 Å². The van der Waals surface area contributed by atoms with Gasteiger partial charge in [-0.05, 0) is 30.4 Å². The Morgan fingerprint density at radius 3 is 2.95 bits per heavy atom. The van der Waals surface area contributed by atoms with Crippen LogP contribution in [0.25, 0.3) is 0 Å². The van der Waals surface area contributed by atoms with Crippen molar-refractivity contribution in [3.63, 3.8) is 0 Å². The molecule has 0 saturated heterocycles. The number of hydrogen-bond acceptors (Lipinski definition) is 5. The molecule has 1 fully saturated rings. The van der Waals surface area contributed by atoms with Crippen molar-refractivity contribution in [2.24, 2.45) is 11.8 Å². The maximum Gasteiger partial charge on any atom is 0.293 e. The van der Waals surface area contributed by atoms with Gasteiger partial charge in [0.1, 0.15) is 5.69 Å². The summed E-state index contributed by atoms with van der Waals surface area (Å²) in [6.45, 7) is 2.31. The Bertz CT molecular complexity index is 481. The van der Waals surface area contributed by atoms with Gasteiger partial charge in [-0.3, -0.25) is 16.0 Å². The molecular formula is C14H21N3O2S. The molecule has 2 unspecified atom stereocenters. The number of thioether (sulfide) groups is 1. The summed E-state index contributed by atoms with van der Waals surface area (Å²) in [4.78, 5) is 10.4. The van der Waals surface area contributed by atoms with Crippen LogP contribution in [0, 0.1) is 16.0 Å². The number of nitrogens with zero attached hydrogens (tertiary/aromatic N) is 1. The molecule has 1 aromatic carbocycles. The van der Waals surface area contributed by atoms with Gasteiger partial charge in [-0.1, -0.05) is 25.8 Å². The van der Waals surface area contributed by atoms with Gasteiger partial charge >= 0.3 is 0 Å². The van der Waals surface area contributed by atoms with Crippen molar-refractivity contribution in [1.29, 1.82) is 0 Å². The summed E-state index contributed by atoms with van der Waals surface area (Å²) in [5, 5.41) is 11.5. The molecule has 1 aromatic rings. The lowest BCUT2D eigenvalue weighted by molar-refractivity contribution is -0.384. The van der Waals surface area contributed by atoms with E-state index in [0.29, 0.717) is 10.9 Å². The first kappa shape index (κ1) is 15.1. The molecule has 5 nitrogen and oxygen atoms in total. The van der Waals surface area contributed by atoms with Crippen molar-refractivity contribution in [3.05, 3.63) is 33.9 Å². The van der Waals surface area contributed by atoms with E-state index >= 15 is 0 Å². The highest BCUT2D eigenvalue weighted by Crippen LogP contribution is 2.34. The predicted molar refractivity (Wildman–Crippen MR) is 83.6 cm³/mol. The fourth-order valence-corrected chi connectivity index (χ4v) is 4.10. The summed E-state index contributed by atoms with van der Waals surface area (Å²) in [5.41, 5.74) is 3.89. The van der Waals surface area contributed by atoms with E-state index < -0.39 is 4.92 Å². The average molecular weight is 295 g/mol. The normalized spacial score (nSPS) is 22.5. The van der Waals surface area contributed by atoms with Gasteiger partial charge in [-0.15, -0.1) is 0 Å². The maximum atomic E-state index is 10.8. The number of rotatable bonds is 5. The number of nitro benzene ring substituents is 1. The molecular weight excluding hydrogens is 274 g/mol. The molecule has 20 heavy (non-hydrogen) atoms. The SMILES string of the molecule is CC1CCCC(SCc2ccc([N+](=O)[O-])c(NN)c2)C1. The van der Waals surface area contributed by atoms with Crippen molar-refractivity contribution in [2.75, 3.05) is 5.43 Å². The largest absolute Gasteiger partial charge is 0.318 e. The second kappa shape index (κ2) is 6.95. The van der Waals surface area contributed by atoms with Crippen LogP contribution in [0.4, 0.5) is 11.4 Å². The number of nitrogens with two attached hydrogens (primary N) is 1. The van der Waals surface area contributed by atoms with Crippen molar-refractivity contribution in [2.45, 2.75) is 43.6 Å². The summed E-state index contributed by atoms with van der Waals surface area (Å²) in [6, 6.07) is 5.12. The first-order valence-electron chi connectivity index (χ1n) is 6.95. The standard InChI is InChI=1S/C14H21N3O2S/c1-10-3-2-4-12(7-10)20-9-11-5-6-14(17(18)19)13(8-11)16-15/h5-6,8,10,12,16H,2-4,7,9,15H2,1H3. The second-order valence-electron chi connectivity index (χ2n) is 5.46. The fourth-order valence-electron chi connectivity index (χ4n) is 2.69. The monoisotopic (exact) mass is 295 g/mol. The number of anilines is 1. The Morgan fingerprint density at radius 2 is 2.30 bits per heavy atom. The van der Waals surface area contributed by atoms with E-state index in [-0.39, 0.29) is 5.69 Å². The third-order valence-corrected chi connectivity index (χ3v) is 5.19. The van der Waals surface area contributed by atoms with E-state index in [2.05, 4.69) is 12.3 Å². The molecule has 110 valence electrons. The summed E-state index contributed by atoms with van der Waals surface area (Å²) in [5.74, 6) is 7.05. The van der Waals surface area contributed by atoms with Crippen molar-refractivity contribution >= 4 is 23.1 Å². The van der Waals surface area contributed by atoms with Gasteiger partial charge in [0, 0.05) is 17.1 Å². The van der Waals surface area contributed by atoms with Crippen molar-refractivity contribution in [3.8, 4) is 0 Å². The molecule has 2 atom stereocenters. The van der Waals surface area contributed by atoms with Crippen LogP contribution in [0.3, 0.4) is 0 Å². The van der Waals surface area contributed by atoms with Gasteiger partial charge in [-0.2, -0.15) is 11.8 Å². The van der Waals surface area contributed by atoms with Crippen LogP contribution in [-0.2, 0) is 5.75 Å². The predicted octanol–water partition coefficient (Wildman–Crippen LogP) is 3.69. The number of nitrogen functional groups attached to an aromatic ring is 1. The Balaban J connectivity index is 1.97. The number of nitro groups is 1. The van der Waals surface area contributed by atoms with E-state index in [1.807, 2.05) is 17.8 Å². The van der Waals surface area contributed by atoms with E-state index in [0.717, 1.165) is 17.2 Å². The van der Waals surface area contributed by atoms with Gasteiger partial charge in [0.25, 0.3) is 5.69 Å². The molecule has 0 heterocycles. The molecule has 0 amide bonds. The Hall–Kier alpha value is -1.27. The summed E-state index contributed by atoms with van der Waals surface area (Å²) >= 11 is 1.95. The van der Waals surface area contributed by atoms with E-state index in [4.69, 9.17) is 5.84 Å². The zero-order valence-electron chi connectivity index (χ0n) is 11.7. The van der Waals surface area contributed by atoms with Crippen LogP contribution < -0.4 is 11.3 Å². The van der Waals surface area contributed by atoms with E-state index in [9.17, 15) is 10.1 Å². The first-order valence-corrected chi connectivity index (χ1v) is 8.00. The van der Waals surface area contributed by atoms with Crippen LogP contribution in [0.5, 0.6) is 0 Å². The number of nitrogens with one attached hydrogen (secondary N) is 1. The highest BCUT2D eigenvalue weighted by atomic mass is 32.2. The molecule has 6 heteroatoms. The third kappa shape index (κ3) is 3.86. The molecule has 3 N–H and O–H groups in total. The summed E-state index contributed by atoms with van der Waals surface area (Å²) < 4.78 is 0. The smallest absolute Gasteiger partial charge is 0.293 e. The van der Waals surface area contributed by atoms with Crippen LogP contribution in [0.1, 0.15) is 38.2 Å². The Labute approximate surface area is 123 Å². The number of hydrazine groups is 1. The zero-order valence-corrected chi connectivity index (χ0v) is 12.5. The van der Waals surface area contributed by atoms with Crippen LogP contribution in [0.2, 0.25) is 0 Å². The first-order chi connectivity index (χ1) is 9.60. The van der Waals surface area contributed by atoms with E-state index in [1.165, 1.54) is 31.7 Å². The summed E-state index contributed by atoms with van der Waals surface area (Å²) in [6.07, 6.45) is 5.22. The average Bonchev–Trinajstić information content (AvgIpc) is 2.44. The maximum absolute atomic E-state index is 10.8. The molecule has 0 spiro atoms. The lowest BCUT2D eigenvalue weighted by atomic mass is 9.91. The van der Waals surface area contributed by atoms with Gasteiger partial charge in [0.2, 0.25) is 0 Å². The second-order valence-corrected chi connectivity index (χ2v) is 6.75. The molecule has 1 saturated carbocycles. The number of benzene rings is 1. The van der Waals surface area contributed by atoms with Gasteiger partial charge < -0.3 is 5.43 Å². The van der Waals surface area contributed by atoms with Gasteiger partial charge in [0.15, 0.2) is 0 Å². The minimum absolute atomic E-state index is 0.0209. The van der Waals surface area contributed by atoms with Crippen molar-refractivity contribution in [1.82, 2.24) is 0 Å². The molecule has 0 aromatic heterocycles. The van der Waals surface area contributed by atoms with E-state index in [1.54, 1.807) is 6.07 Å². The molecule has 1 aliphatic carbocycles. The van der Waals surface area contributed by atoms with Crippen molar-refractivity contribution < 1.29 is 4.92 Å². The highest BCUT2D eigenvalue weighted by molar-refractivity contribution is 7.99.